The summed E-state index contributed by atoms with van der Waals surface area (Å²) in [6.45, 7) is 2.01. The molecule has 4 nitrogen and oxygen atoms in total. The highest BCUT2D eigenvalue weighted by atomic mass is 35.5. The van der Waals surface area contributed by atoms with Crippen molar-refractivity contribution < 1.29 is 9.59 Å². The van der Waals surface area contributed by atoms with Crippen molar-refractivity contribution in [1.82, 2.24) is 0 Å². The maximum atomic E-state index is 13.3. The van der Waals surface area contributed by atoms with Gasteiger partial charge in [0.1, 0.15) is 5.41 Å². The third kappa shape index (κ3) is 2.68. The van der Waals surface area contributed by atoms with E-state index in [4.69, 9.17) is 23.2 Å². The van der Waals surface area contributed by atoms with Gasteiger partial charge in [0.05, 0.1) is 15.7 Å². The molecule has 4 rings (SSSR count). The molecule has 1 atom stereocenters. The van der Waals surface area contributed by atoms with Gasteiger partial charge in [-0.2, -0.15) is 0 Å². The molecule has 1 aliphatic heterocycles. The average molecular weight is 389 g/mol. The van der Waals surface area contributed by atoms with Gasteiger partial charge in [-0.15, -0.1) is 0 Å². The topological polar surface area (TPSA) is 49.4 Å². The van der Waals surface area contributed by atoms with E-state index in [0.717, 1.165) is 17.7 Å². The van der Waals surface area contributed by atoms with E-state index in [-0.39, 0.29) is 17.9 Å². The van der Waals surface area contributed by atoms with Gasteiger partial charge in [0, 0.05) is 11.7 Å². The van der Waals surface area contributed by atoms with Crippen LogP contribution in [0.3, 0.4) is 0 Å². The number of nitrogens with zero attached hydrogens (tertiary/aromatic N) is 1. The Labute approximate surface area is 162 Å². The van der Waals surface area contributed by atoms with Gasteiger partial charge in [-0.05, 0) is 49.9 Å². The standard InChI is InChI=1S/C20H18Cl2N2O2/c1-12-11-13-5-2-3-8-16(13)24(12)19(26)20(9-10-20)18(25)23-17-14(21)6-4-7-15(17)22/h2-8,12H,9-11H2,1H3,(H,23,25). The Morgan fingerprint density at radius 3 is 2.38 bits per heavy atom. The zero-order chi connectivity index (χ0) is 18.5. The average Bonchev–Trinajstić information content (AvgIpc) is 3.35. The molecule has 2 aromatic carbocycles. The van der Waals surface area contributed by atoms with E-state index < -0.39 is 5.41 Å². The molecular formula is C20H18Cl2N2O2. The molecule has 2 amide bonds. The van der Waals surface area contributed by atoms with E-state index in [2.05, 4.69) is 5.32 Å². The van der Waals surface area contributed by atoms with Crippen molar-refractivity contribution in [3.8, 4) is 0 Å². The van der Waals surface area contributed by atoms with E-state index in [1.807, 2.05) is 31.2 Å². The number of rotatable bonds is 3. The summed E-state index contributed by atoms with van der Waals surface area (Å²) in [5.41, 5.74) is 1.36. The predicted octanol–water partition coefficient (Wildman–Crippen LogP) is 4.69. The number of carbonyl (C=O) groups excluding carboxylic acids is 2. The van der Waals surface area contributed by atoms with Crippen LogP contribution in [0.25, 0.3) is 0 Å². The minimum absolute atomic E-state index is 0.0362. The van der Waals surface area contributed by atoms with Gasteiger partial charge in [0.25, 0.3) is 0 Å². The molecule has 1 aliphatic carbocycles. The summed E-state index contributed by atoms with van der Waals surface area (Å²) >= 11 is 12.3. The van der Waals surface area contributed by atoms with E-state index in [1.165, 1.54) is 0 Å². The fraction of sp³-hybridized carbons (Fsp3) is 0.300. The van der Waals surface area contributed by atoms with Crippen molar-refractivity contribution in [1.29, 1.82) is 0 Å². The molecule has 1 unspecified atom stereocenters. The molecule has 6 heteroatoms. The molecule has 0 bridgehead atoms. The lowest BCUT2D eigenvalue weighted by Crippen LogP contribution is -2.45. The number of hydrogen-bond acceptors (Lipinski definition) is 2. The van der Waals surface area contributed by atoms with Crippen LogP contribution < -0.4 is 10.2 Å². The highest BCUT2D eigenvalue weighted by molar-refractivity contribution is 6.40. The monoisotopic (exact) mass is 388 g/mol. The fourth-order valence-electron chi connectivity index (χ4n) is 3.62. The Morgan fingerprint density at radius 2 is 1.73 bits per heavy atom. The van der Waals surface area contributed by atoms with Crippen LogP contribution >= 0.6 is 23.2 Å². The molecule has 0 radical (unpaired) electrons. The van der Waals surface area contributed by atoms with Crippen molar-refractivity contribution in [2.75, 3.05) is 10.2 Å². The number of amides is 2. The number of para-hydroxylation sites is 2. The van der Waals surface area contributed by atoms with Gasteiger partial charge >= 0.3 is 0 Å². The lowest BCUT2D eigenvalue weighted by Gasteiger charge is -2.27. The maximum Gasteiger partial charge on any atom is 0.242 e. The van der Waals surface area contributed by atoms with Crippen LogP contribution in [0.2, 0.25) is 10.0 Å². The molecule has 26 heavy (non-hydrogen) atoms. The Kier molecular flexibility index (Phi) is 4.20. The molecule has 2 aliphatic rings. The molecule has 1 fully saturated rings. The van der Waals surface area contributed by atoms with Crippen molar-refractivity contribution >= 4 is 46.4 Å². The summed E-state index contributed by atoms with van der Waals surface area (Å²) in [7, 11) is 0. The lowest BCUT2D eigenvalue weighted by molar-refractivity contribution is -0.132. The summed E-state index contributed by atoms with van der Waals surface area (Å²) in [4.78, 5) is 28.0. The van der Waals surface area contributed by atoms with Crippen LogP contribution in [0.5, 0.6) is 0 Å². The van der Waals surface area contributed by atoms with E-state index >= 15 is 0 Å². The second-order valence-electron chi connectivity index (χ2n) is 6.99. The van der Waals surface area contributed by atoms with Gasteiger partial charge < -0.3 is 10.2 Å². The molecular weight excluding hydrogens is 371 g/mol. The third-order valence-corrected chi connectivity index (χ3v) is 5.85. The van der Waals surface area contributed by atoms with Crippen molar-refractivity contribution in [3.63, 3.8) is 0 Å². The van der Waals surface area contributed by atoms with Crippen LogP contribution in [-0.2, 0) is 16.0 Å². The summed E-state index contributed by atoms with van der Waals surface area (Å²) in [6, 6.07) is 12.9. The summed E-state index contributed by atoms with van der Waals surface area (Å²) in [5.74, 6) is -0.482. The third-order valence-electron chi connectivity index (χ3n) is 5.22. The van der Waals surface area contributed by atoms with Crippen LogP contribution in [0, 0.1) is 5.41 Å². The maximum absolute atomic E-state index is 13.3. The van der Waals surface area contributed by atoms with Crippen molar-refractivity contribution in [3.05, 3.63) is 58.1 Å². The van der Waals surface area contributed by atoms with Crippen LogP contribution in [0.15, 0.2) is 42.5 Å². The largest absolute Gasteiger partial charge is 0.323 e. The number of hydrogen-bond donors (Lipinski definition) is 1. The highest BCUT2D eigenvalue weighted by Crippen LogP contribution is 2.51. The Hall–Kier alpha value is -2.04. The van der Waals surface area contributed by atoms with Gasteiger partial charge in [-0.1, -0.05) is 47.5 Å². The minimum atomic E-state index is -1.03. The predicted molar refractivity (Wildman–Crippen MR) is 104 cm³/mol. The summed E-state index contributed by atoms with van der Waals surface area (Å²) in [6.07, 6.45) is 1.87. The molecule has 0 spiro atoms. The van der Waals surface area contributed by atoms with Gasteiger partial charge in [-0.3, -0.25) is 9.59 Å². The van der Waals surface area contributed by atoms with Crippen LogP contribution in [-0.4, -0.2) is 17.9 Å². The normalized spacial score (nSPS) is 19.8. The minimum Gasteiger partial charge on any atom is -0.323 e. The number of fused-ring (bicyclic) bond motifs is 1. The first kappa shape index (κ1) is 17.4. The van der Waals surface area contributed by atoms with Crippen LogP contribution in [0.4, 0.5) is 11.4 Å². The molecule has 0 aromatic heterocycles. The van der Waals surface area contributed by atoms with E-state index in [9.17, 15) is 9.59 Å². The number of carbonyl (C=O) groups is 2. The second-order valence-corrected chi connectivity index (χ2v) is 7.80. The molecule has 134 valence electrons. The first-order valence-corrected chi connectivity index (χ1v) is 9.37. The molecule has 1 saturated carbocycles. The van der Waals surface area contributed by atoms with Crippen molar-refractivity contribution in [2.24, 2.45) is 5.41 Å². The molecule has 1 N–H and O–H groups in total. The molecule has 0 saturated heterocycles. The highest BCUT2D eigenvalue weighted by Gasteiger charge is 2.59. The zero-order valence-electron chi connectivity index (χ0n) is 14.3. The Balaban J connectivity index is 1.61. The van der Waals surface area contributed by atoms with Gasteiger partial charge in [0.15, 0.2) is 0 Å². The van der Waals surface area contributed by atoms with Gasteiger partial charge in [0.2, 0.25) is 11.8 Å². The Bertz CT molecular complexity index is 888. The molecule has 2 aromatic rings. The lowest BCUT2D eigenvalue weighted by atomic mass is 10.0. The summed E-state index contributed by atoms with van der Waals surface area (Å²) < 4.78 is 0. The van der Waals surface area contributed by atoms with Crippen molar-refractivity contribution in [2.45, 2.75) is 32.2 Å². The van der Waals surface area contributed by atoms with Crippen LogP contribution in [0.1, 0.15) is 25.3 Å². The smallest absolute Gasteiger partial charge is 0.242 e. The van der Waals surface area contributed by atoms with Gasteiger partial charge in [-0.25, -0.2) is 0 Å². The number of halogens is 2. The zero-order valence-corrected chi connectivity index (χ0v) is 15.8. The first-order chi connectivity index (χ1) is 12.4. The number of nitrogens with one attached hydrogen (secondary N) is 1. The molecule has 1 heterocycles. The van der Waals surface area contributed by atoms with E-state index in [0.29, 0.717) is 28.6 Å². The quantitative estimate of drug-likeness (QED) is 0.775. The summed E-state index contributed by atoms with van der Waals surface area (Å²) in [5, 5.41) is 3.49. The fourth-order valence-corrected chi connectivity index (χ4v) is 4.11. The Morgan fingerprint density at radius 1 is 1.08 bits per heavy atom. The first-order valence-electron chi connectivity index (χ1n) is 8.61. The second kappa shape index (κ2) is 6.29. The van der Waals surface area contributed by atoms with E-state index in [1.54, 1.807) is 23.1 Å². The number of anilines is 2. The number of benzene rings is 2. The SMILES string of the molecule is CC1Cc2ccccc2N1C(=O)C1(C(=O)Nc2c(Cl)cccc2Cl)CC1.